The fraction of sp³-hybridized carbons (Fsp3) is 0.286. The molecule has 1 atom stereocenters. The third-order valence-electron chi connectivity index (χ3n) is 1.52. The van der Waals surface area contributed by atoms with Crippen LogP contribution in [0.1, 0.15) is 5.56 Å². The number of pyridine rings is 1. The van der Waals surface area contributed by atoms with E-state index in [-0.39, 0.29) is 0 Å². The van der Waals surface area contributed by atoms with E-state index in [4.69, 9.17) is 15.2 Å². The second-order valence-corrected chi connectivity index (χ2v) is 2.28. The molecular formula is C7H8N2O2. The molecule has 0 radical (unpaired) electrons. The Morgan fingerprint density at radius 3 is 3.45 bits per heavy atom. The lowest BCUT2D eigenvalue weighted by molar-refractivity contribution is -0.103. The first-order valence-electron chi connectivity index (χ1n) is 3.33. The van der Waals surface area contributed by atoms with Crippen LogP contribution < -0.4 is 10.5 Å². The van der Waals surface area contributed by atoms with Gasteiger partial charge >= 0.3 is 0 Å². The smallest absolute Gasteiger partial charge is 0.257 e. The minimum Gasteiger partial charge on any atom is -0.449 e. The van der Waals surface area contributed by atoms with E-state index in [0.29, 0.717) is 12.4 Å². The lowest BCUT2D eigenvalue weighted by atomic mass is 10.2. The maximum absolute atomic E-state index is 5.38. The minimum absolute atomic E-state index is 0.499. The molecule has 1 aromatic rings. The Bertz CT molecular complexity index is 264. The SMILES string of the molecule is NC1OCc2ccncc2O1. The summed E-state index contributed by atoms with van der Waals surface area (Å²) in [5.41, 5.74) is 6.37. The van der Waals surface area contributed by atoms with Gasteiger partial charge in [-0.05, 0) is 6.07 Å². The average molecular weight is 152 g/mol. The van der Waals surface area contributed by atoms with Crippen LogP contribution in [0, 0.1) is 0 Å². The zero-order valence-electron chi connectivity index (χ0n) is 5.86. The van der Waals surface area contributed by atoms with Gasteiger partial charge in [-0.25, -0.2) is 0 Å². The van der Waals surface area contributed by atoms with Crippen molar-refractivity contribution in [1.29, 1.82) is 0 Å². The maximum Gasteiger partial charge on any atom is 0.257 e. The molecule has 2 N–H and O–H groups in total. The fourth-order valence-corrected chi connectivity index (χ4v) is 0.965. The van der Waals surface area contributed by atoms with Crippen molar-refractivity contribution in [3.8, 4) is 5.75 Å². The summed E-state index contributed by atoms with van der Waals surface area (Å²) >= 11 is 0. The number of aromatic nitrogens is 1. The molecule has 4 nitrogen and oxygen atoms in total. The highest BCUT2D eigenvalue weighted by atomic mass is 16.7. The van der Waals surface area contributed by atoms with Crippen LogP contribution in [0.3, 0.4) is 0 Å². The van der Waals surface area contributed by atoms with Gasteiger partial charge in [0.25, 0.3) is 6.41 Å². The summed E-state index contributed by atoms with van der Waals surface area (Å²) in [5, 5.41) is 0. The molecule has 0 saturated carbocycles. The van der Waals surface area contributed by atoms with Gasteiger partial charge in [0.2, 0.25) is 0 Å². The monoisotopic (exact) mass is 152 g/mol. The highest BCUT2D eigenvalue weighted by molar-refractivity contribution is 5.29. The topological polar surface area (TPSA) is 57.4 Å². The van der Waals surface area contributed by atoms with Crippen LogP contribution in [0.4, 0.5) is 0 Å². The van der Waals surface area contributed by atoms with Gasteiger partial charge in [-0.2, -0.15) is 0 Å². The van der Waals surface area contributed by atoms with E-state index in [1.165, 1.54) is 0 Å². The lowest BCUT2D eigenvalue weighted by Crippen LogP contribution is -2.33. The standard InChI is InChI=1S/C7H8N2O2/c8-7-10-4-5-1-2-9-3-6(5)11-7/h1-3,7H,4,8H2. The molecule has 0 amide bonds. The Hall–Kier alpha value is -1.13. The molecule has 4 heteroatoms. The Labute approximate surface area is 63.9 Å². The van der Waals surface area contributed by atoms with E-state index in [2.05, 4.69) is 4.98 Å². The first kappa shape index (κ1) is 6.57. The van der Waals surface area contributed by atoms with Crippen molar-refractivity contribution in [2.45, 2.75) is 13.0 Å². The number of nitrogens with two attached hydrogens (primary N) is 1. The van der Waals surface area contributed by atoms with Crippen molar-refractivity contribution in [3.05, 3.63) is 24.0 Å². The molecule has 1 aliphatic heterocycles. The summed E-state index contributed by atoms with van der Waals surface area (Å²) in [6.45, 7) is 0.499. The summed E-state index contributed by atoms with van der Waals surface area (Å²) in [6.07, 6.45) is 2.69. The Kier molecular flexibility index (Phi) is 1.48. The van der Waals surface area contributed by atoms with Gasteiger partial charge < -0.3 is 9.47 Å². The van der Waals surface area contributed by atoms with Crippen molar-refractivity contribution in [3.63, 3.8) is 0 Å². The third-order valence-corrected chi connectivity index (χ3v) is 1.52. The molecule has 0 aromatic carbocycles. The molecule has 2 heterocycles. The molecule has 0 spiro atoms. The van der Waals surface area contributed by atoms with Gasteiger partial charge in [0, 0.05) is 11.8 Å². The van der Waals surface area contributed by atoms with E-state index in [1.807, 2.05) is 6.07 Å². The summed E-state index contributed by atoms with van der Waals surface area (Å²) in [4.78, 5) is 3.90. The van der Waals surface area contributed by atoms with Crippen molar-refractivity contribution in [1.82, 2.24) is 4.98 Å². The minimum atomic E-state index is -0.647. The number of rotatable bonds is 0. The number of nitrogens with zero attached hydrogens (tertiary/aromatic N) is 1. The number of fused-ring (bicyclic) bond motifs is 1. The van der Waals surface area contributed by atoms with Gasteiger partial charge in [-0.1, -0.05) is 0 Å². The molecular weight excluding hydrogens is 144 g/mol. The second kappa shape index (κ2) is 2.48. The van der Waals surface area contributed by atoms with Gasteiger partial charge in [-0.3, -0.25) is 10.7 Å². The molecule has 1 unspecified atom stereocenters. The van der Waals surface area contributed by atoms with Crippen LogP contribution in [0.25, 0.3) is 0 Å². The zero-order valence-corrected chi connectivity index (χ0v) is 5.86. The largest absolute Gasteiger partial charge is 0.449 e. The van der Waals surface area contributed by atoms with Crippen molar-refractivity contribution < 1.29 is 9.47 Å². The normalized spacial score (nSPS) is 22.1. The lowest BCUT2D eigenvalue weighted by Gasteiger charge is -2.22. The van der Waals surface area contributed by atoms with Crippen molar-refractivity contribution >= 4 is 0 Å². The van der Waals surface area contributed by atoms with Gasteiger partial charge in [0.15, 0.2) is 0 Å². The maximum atomic E-state index is 5.38. The van der Waals surface area contributed by atoms with E-state index in [9.17, 15) is 0 Å². The second-order valence-electron chi connectivity index (χ2n) is 2.28. The summed E-state index contributed by atoms with van der Waals surface area (Å²) < 4.78 is 10.2. The van der Waals surface area contributed by atoms with Crippen molar-refractivity contribution in [2.24, 2.45) is 5.73 Å². The molecule has 58 valence electrons. The van der Waals surface area contributed by atoms with Gasteiger partial charge in [0.1, 0.15) is 5.75 Å². The molecule has 0 aliphatic carbocycles. The van der Waals surface area contributed by atoms with E-state index in [0.717, 1.165) is 5.56 Å². The first-order chi connectivity index (χ1) is 5.36. The van der Waals surface area contributed by atoms with Crippen LogP contribution in [0.5, 0.6) is 5.75 Å². The number of hydrogen-bond donors (Lipinski definition) is 1. The first-order valence-corrected chi connectivity index (χ1v) is 3.33. The van der Waals surface area contributed by atoms with Crippen LogP contribution >= 0.6 is 0 Å². The van der Waals surface area contributed by atoms with Gasteiger partial charge in [0.05, 0.1) is 12.8 Å². The van der Waals surface area contributed by atoms with Crippen LogP contribution in [-0.4, -0.2) is 11.4 Å². The molecule has 0 fully saturated rings. The average Bonchev–Trinajstić information content (AvgIpc) is 2.04. The van der Waals surface area contributed by atoms with E-state index >= 15 is 0 Å². The molecule has 0 saturated heterocycles. The number of hydrogen-bond acceptors (Lipinski definition) is 4. The fourth-order valence-electron chi connectivity index (χ4n) is 0.965. The predicted molar refractivity (Wildman–Crippen MR) is 37.6 cm³/mol. The summed E-state index contributed by atoms with van der Waals surface area (Å²) in [6, 6.07) is 1.85. The van der Waals surface area contributed by atoms with Crippen LogP contribution in [-0.2, 0) is 11.3 Å². The summed E-state index contributed by atoms with van der Waals surface area (Å²) in [5.74, 6) is 0.714. The molecule has 1 aromatic heterocycles. The Balaban J connectivity index is 2.34. The van der Waals surface area contributed by atoms with E-state index in [1.54, 1.807) is 12.4 Å². The predicted octanol–water partition coefficient (Wildman–Crippen LogP) is 0.233. The van der Waals surface area contributed by atoms with Crippen LogP contribution in [0.2, 0.25) is 0 Å². The Morgan fingerprint density at radius 1 is 1.64 bits per heavy atom. The van der Waals surface area contributed by atoms with Crippen molar-refractivity contribution in [2.75, 3.05) is 0 Å². The van der Waals surface area contributed by atoms with Gasteiger partial charge in [-0.15, -0.1) is 0 Å². The quantitative estimate of drug-likeness (QED) is 0.578. The Morgan fingerprint density at radius 2 is 2.55 bits per heavy atom. The molecule has 0 bridgehead atoms. The summed E-state index contributed by atoms with van der Waals surface area (Å²) in [7, 11) is 0. The van der Waals surface area contributed by atoms with Crippen LogP contribution in [0.15, 0.2) is 18.5 Å². The number of ether oxygens (including phenoxy) is 2. The van der Waals surface area contributed by atoms with E-state index < -0.39 is 6.41 Å². The molecule has 1 aliphatic rings. The molecule has 2 rings (SSSR count). The highest BCUT2D eigenvalue weighted by Gasteiger charge is 2.15. The highest BCUT2D eigenvalue weighted by Crippen LogP contribution is 2.22. The third kappa shape index (κ3) is 1.18. The molecule has 11 heavy (non-hydrogen) atoms. The zero-order chi connectivity index (χ0) is 7.68.